The average molecular weight is 281 g/mol. The predicted octanol–water partition coefficient (Wildman–Crippen LogP) is 1.92. The van der Waals surface area contributed by atoms with Crippen molar-refractivity contribution in [2.75, 3.05) is 46.6 Å². The molecule has 0 spiro atoms. The van der Waals surface area contributed by atoms with Gasteiger partial charge in [-0.1, -0.05) is 30.3 Å². The maximum Gasteiger partial charge on any atom is 0.0700 e. The zero-order valence-corrected chi connectivity index (χ0v) is 12.5. The van der Waals surface area contributed by atoms with Crippen molar-refractivity contribution in [1.82, 2.24) is 4.90 Å². The van der Waals surface area contributed by atoms with Crippen molar-refractivity contribution in [3.8, 4) is 0 Å². The highest BCUT2D eigenvalue weighted by molar-refractivity contribution is 5.14. The Hall–Kier alpha value is -0.940. The van der Waals surface area contributed by atoms with Crippen LogP contribution in [-0.2, 0) is 16.0 Å². The first kappa shape index (κ1) is 17.1. The summed E-state index contributed by atoms with van der Waals surface area (Å²) in [4.78, 5) is 2.37. The summed E-state index contributed by atoms with van der Waals surface area (Å²) in [5.74, 6) is 0. The van der Waals surface area contributed by atoms with Gasteiger partial charge in [0.05, 0.1) is 19.8 Å². The molecule has 20 heavy (non-hydrogen) atoms. The molecule has 1 rings (SSSR count). The number of aliphatic hydroxyl groups excluding tert-OH is 1. The molecule has 1 aromatic rings. The number of unbranched alkanes of at least 4 members (excludes halogenated alkanes) is 1. The molecule has 1 aromatic carbocycles. The first-order valence-electron chi connectivity index (χ1n) is 7.30. The molecule has 0 fully saturated rings. The summed E-state index contributed by atoms with van der Waals surface area (Å²) in [6, 6.07) is 10.5. The van der Waals surface area contributed by atoms with Crippen LogP contribution in [0.5, 0.6) is 0 Å². The topological polar surface area (TPSA) is 41.9 Å². The molecule has 0 heterocycles. The summed E-state index contributed by atoms with van der Waals surface area (Å²) in [6.07, 6.45) is 1.87. The quantitative estimate of drug-likeness (QED) is 0.594. The van der Waals surface area contributed by atoms with Gasteiger partial charge in [0.15, 0.2) is 0 Å². The van der Waals surface area contributed by atoms with Crippen molar-refractivity contribution in [3.63, 3.8) is 0 Å². The van der Waals surface area contributed by atoms with E-state index in [9.17, 15) is 0 Å². The Morgan fingerprint density at radius 1 is 1.00 bits per heavy atom. The molecule has 0 radical (unpaired) electrons. The molecule has 0 aromatic heterocycles. The van der Waals surface area contributed by atoms with E-state index in [4.69, 9.17) is 14.6 Å². The summed E-state index contributed by atoms with van der Waals surface area (Å²) in [5, 5.41) is 8.88. The molecule has 4 heteroatoms. The molecule has 1 N–H and O–H groups in total. The lowest BCUT2D eigenvalue weighted by Gasteiger charge is -2.22. The lowest BCUT2D eigenvalue weighted by Crippen LogP contribution is -2.29. The van der Waals surface area contributed by atoms with Crippen LogP contribution < -0.4 is 0 Å². The first-order chi connectivity index (χ1) is 9.86. The fraction of sp³-hybridized carbons (Fsp3) is 0.625. The van der Waals surface area contributed by atoms with E-state index in [-0.39, 0.29) is 6.61 Å². The number of benzene rings is 1. The Bertz CT molecular complexity index is 319. The molecule has 4 nitrogen and oxygen atoms in total. The number of methoxy groups -OCH3 is 1. The second-order valence-electron chi connectivity index (χ2n) is 4.80. The van der Waals surface area contributed by atoms with Crippen LogP contribution in [0.3, 0.4) is 0 Å². The standard InChI is InChI=1S/C16H27NO3/c1-19-13-14-20-12-10-17(9-5-6-11-18)15-16-7-3-2-4-8-16/h2-4,7-8,18H,5-6,9-15H2,1H3. The van der Waals surface area contributed by atoms with Crippen molar-refractivity contribution < 1.29 is 14.6 Å². The van der Waals surface area contributed by atoms with Crippen molar-refractivity contribution in [2.45, 2.75) is 19.4 Å². The van der Waals surface area contributed by atoms with Gasteiger partial charge in [-0.25, -0.2) is 0 Å². The molecule has 0 aliphatic heterocycles. The van der Waals surface area contributed by atoms with Crippen molar-refractivity contribution in [3.05, 3.63) is 35.9 Å². The summed E-state index contributed by atoms with van der Waals surface area (Å²) in [5.41, 5.74) is 1.31. The number of ether oxygens (including phenoxy) is 2. The van der Waals surface area contributed by atoms with Gasteiger partial charge in [-0.05, 0) is 24.9 Å². The Kier molecular flexibility index (Phi) is 10.1. The van der Waals surface area contributed by atoms with Crippen LogP contribution in [-0.4, -0.2) is 56.6 Å². The minimum absolute atomic E-state index is 0.267. The zero-order chi connectivity index (χ0) is 14.5. The number of rotatable bonds is 12. The minimum Gasteiger partial charge on any atom is -0.396 e. The van der Waals surface area contributed by atoms with Gasteiger partial charge in [0.25, 0.3) is 0 Å². The Balaban J connectivity index is 2.31. The van der Waals surface area contributed by atoms with Crippen LogP contribution in [0.4, 0.5) is 0 Å². The maximum absolute atomic E-state index is 8.88. The summed E-state index contributed by atoms with van der Waals surface area (Å²) in [7, 11) is 1.68. The van der Waals surface area contributed by atoms with Crippen LogP contribution >= 0.6 is 0 Å². The molecule has 0 aliphatic carbocycles. The van der Waals surface area contributed by atoms with E-state index in [0.717, 1.165) is 39.1 Å². The van der Waals surface area contributed by atoms with Crippen molar-refractivity contribution in [2.24, 2.45) is 0 Å². The zero-order valence-electron chi connectivity index (χ0n) is 12.5. The normalized spacial score (nSPS) is 11.2. The van der Waals surface area contributed by atoms with Gasteiger partial charge >= 0.3 is 0 Å². The van der Waals surface area contributed by atoms with Crippen molar-refractivity contribution in [1.29, 1.82) is 0 Å². The number of hydrogen-bond donors (Lipinski definition) is 1. The second kappa shape index (κ2) is 11.9. The molecular formula is C16H27NO3. The van der Waals surface area contributed by atoms with Gasteiger partial charge in [0, 0.05) is 26.8 Å². The van der Waals surface area contributed by atoms with Crippen LogP contribution in [0.15, 0.2) is 30.3 Å². The molecule has 0 unspecified atom stereocenters. The van der Waals surface area contributed by atoms with E-state index in [2.05, 4.69) is 29.2 Å². The van der Waals surface area contributed by atoms with Crippen molar-refractivity contribution >= 4 is 0 Å². The number of nitrogens with zero attached hydrogens (tertiary/aromatic N) is 1. The van der Waals surface area contributed by atoms with E-state index in [1.807, 2.05) is 6.07 Å². The van der Waals surface area contributed by atoms with E-state index in [1.54, 1.807) is 7.11 Å². The molecule has 0 aliphatic rings. The Morgan fingerprint density at radius 3 is 2.50 bits per heavy atom. The fourth-order valence-corrected chi connectivity index (χ4v) is 2.00. The molecule has 0 bridgehead atoms. The third-order valence-electron chi connectivity index (χ3n) is 3.12. The van der Waals surface area contributed by atoms with Gasteiger partial charge in [-0.3, -0.25) is 4.90 Å². The van der Waals surface area contributed by atoms with Crippen LogP contribution in [0.25, 0.3) is 0 Å². The maximum atomic E-state index is 8.88. The van der Waals surface area contributed by atoms with Crippen LogP contribution in [0.2, 0.25) is 0 Å². The summed E-state index contributed by atoms with van der Waals surface area (Å²) < 4.78 is 10.5. The molecule has 0 atom stereocenters. The molecule has 0 amide bonds. The molecule has 114 valence electrons. The summed E-state index contributed by atoms with van der Waals surface area (Å²) in [6.45, 7) is 5.10. The van der Waals surface area contributed by atoms with Crippen LogP contribution in [0, 0.1) is 0 Å². The molecular weight excluding hydrogens is 254 g/mol. The third-order valence-corrected chi connectivity index (χ3v) is 3.12. The SMILES string of the molecule is COCCOCCN(CCCCO)Cc1ccccc1. The molecule has 0 saturated carbocycles. The van der Waals surface area contributed by atoms with E-state index >= 15 is 0 Å². The van der Waals surface area contributed by atoms with Gasteiger partial charge < -0.3 is 14.6 Å². The lowest BCUT2D eigenvalue weighted by molar-refractivity contribution is 0.0555. The van der Waals surface area contributed by atoms with E-state index in [1.165, 1.54) is 5.56 Å². The fourth-order valence-electron chi connectivity index (χ4n) is 2.00. The monoisotopic (exact) mass is 281 g/mol. The number of hydrogen-bond acceptors (Lipinski definition) is 4. The van der Waals surface area contributed by atoms with Gasteiger partial charge in [0.2, 0.25) is 0 Å². The lowest BCUT2D eigenvalue weighted by atomic mass is 10.2. The van der Waals surface area contributed by atoms with Crippen LogP contribution in [0.1, 0.15) is 18.4 Å². The Labute approximate surface area is 122 Å². The highest BCUT2D eigenvalue weighted by Gasteiger charge is 2.05. The number of aliphatic hydroxyl groups is 1. The largest absolute Gasteiger partial charge is 0.396 e. The highest BCUT2D eigenvalue weighted by atomic mass is 16.5. The Morgan fingerprint density at radius 2 is 1.80 bits per heavy atom. The van der Waals surface area contributed by atoms with E-state index < -0.39 is 0 Å². The minimum atomic E-state index is 0.267. The summed E-state index contributed by atoms with van der Waals surface area (Å²) >= 11 is 0. The highest BCUT2D eigenvalue weighted by Crippen LogP contribution is 2.05. The third kappa shape index (κ3) is 8.27. The smallest absolute Gasteiger partial charge is 0.0700 e. The predicted molar refractivity (Wildman–Crippen MR) is 80.7 cm³/mol. The average Bonchev–Trinajstić information content (AvgIpc) is 2.48. The van der Waals surface area contributed by atoms with Gasteiger partial charge in [-0.2, -0.15) is 0 Å². The van der Waals surface area contributed by atoms with Gasteiger partial charge in [0.1, 0.15) is 0 Å². The first-order valence-corrected chi connectivity index (χ1v) is 7.30. The van der Waals surface area contributed by atoms with Gasteiger partial charge in [-0.15, -0.1) is 0 Å². The van der Waals surface area contributed by atoms with E-state index in [0.29, 0.717) is 13.2 Å². The molecule has 0 saturated heterocycles. The second-order valence-corrected chi connectivity index (χ2v) is 4.80.